The molecule has 0 unspecified atom stereocenters. The van der Waals surface area contributed by atoms with Crippen LogP contribution < -0.4 is 19.5 Å². The predicted molar refractivity (Wildman–Crippen MR) is 89.1 cm³/mol. The number of rotatable bonds is 6. The van der Waals surface area contributed by atoms with Crippen LogP contribution in [-0.2, 0) is 0 Å². The van der Waals surface area contributed by atoms with Crippen LogP contribution in [0.5, 0.6) is 23.0 Å². The molecule has 0 radical (unpaired) electrons. The summed E-state index contributed by atoms with van der Waals surface area (Å²) in [5, 5.41) is 21.3. The number of nitrogens with one attached hydrogen (secondary N) is 1. The Bertz CT molecular complexity index is 792. The first-order valence-corrected chi connectivity index (χ1v) is 7.09. The second-order valence-electron chi connectivity index (χ2n) is 4.91. The maximum atomic E-state index is 12.4. The van der Waals surface area contributed by atoms with E-state index in [1.165, 1.54) is 45.6 Å². The minimum atomic E-state index is -1.18. The van der Waals surface area contributed by atoms with Gasteiger partial charge in [-0.2, -0.15) is 0 Å². The molecule has 0 saturated carbocycles. The Morgan fingerprint density at radius 2 is 1.52 bits per heavy atom. The fourth-order valence-corrected chi connectivity index (χ4v) is 2.18. The molecular formula is C17H17NO7. The van der Waals surface area contributed by atoms with Crippen molar-refractivity contribution in [3.63, 3.8) is 0 Å². The maximum absolute atomic E-state index is 12.4. The summed E-state index contributed by atoms with van der Waals surface area (Å²) < 4.78 is 15.6. The lowest BCUT2D eigenvalue weighted by atomic mass is 10.1. The quantitative estimate of drug-likeness (QED) is 0.687. The number of benzene rings is 2. The molecule has 0 fully saturated rings. The molecule has 0 spiro atoms. The Morgan fingerprint density at radius 3 is 1.96 bits per heavy atom. The number of carbonyl (C=O) groups excluding carboxylic acids is 1. The number of hydrogen-bond donors (Lipinski definition) is 3. The second kappa shape index (κ2) is 7.43. The number of carbonyl (C=O) groups is 2. The van der Waals surface area contributed by atoms with E-state index in [0.717, 1.165) is 6.07 Å². The molecule has 3 N–H and O–H groups in total. The zero-order chi connectivity index (χ0) is 18.6. The van der Waals surface area contributed by atoms with Crippen LogP contribution in [-0.4, -0.2) is 43.4 Å². The van der Waals surface area contributed by atoms with Gasteiger partial charge in [-0.25, -0.2) is 4.79 Å². The number of carboxylic acids is 1. The molecule has 0 aliphatic rings. The molecule has 0 heterocycles. The number of methoxy groups -OCH3 is 3. The molecule has 0 aliphatic heterocycles. The van der Waals surface area contributed by atoms with Crippen LogP contribution in [0.25, 0.3) is 0 Å². The smallest absolute Gasteiger partial charge is 0.335 e. The fourth-order valence-electron chi connectivity index (χ4n) is 2.18. The van der Waals surface area contributed by atoms with Gasteiger partial charge in [-0.15, -0.1) is 0 Å². The molecule has 2 aromatic carbocycles. The van der Waals surface area contributed by atoms with Gasteiger partial charge in [-0.3, -0.25) is 4.79 Å². The van der Waals surface area contributed by atoms with Gasteiger partial charge in [-0.05, 0) is 30.3 Å². The van der Waals surface area contributed by atoms with Crippen LogP contribution in [0, 0.1) is 0 Å². The van der Waals surface area contributed by atoms with Crippen molar-refractivity contribution in [2.24, 2.45) is 0 Å². The Balaban J connectivity index is 2.34. The summed E-state index contributed by atoms with van der Waals surface area (Å²) in [4.78, 5) is 23.3. The van der Waals surface area contributed by atoms with Crippen LogP contribution in [0.4, 0.5) is 5.69 Å². The van der Waals surface area contributed by atoms with E-state index in [-0.39, 0.29) is 22.6 Å². The monoisotopic (exact) mass is 347 g/mol. The molecular weight excluding hydrogens is 330 g/mol. The molecule has 2 aromatic rings. The summed E-state index contributed by atoms with van der Waals surface area (Å²) >= 11 is 0. The number of phenols is 1. The number of aromatic hydroxyl groups is 1. The third-order valence-corrected chi connectivity index (χ3v) is 3.42. The summed E-state index contributed by atoms with van der Waals surface area (Å²) in [7, 11) is 4.30. The first-order valence-electron chi connectivity index (χ1n) is 7.09. The molecule has 0 bridgehead atoms. The van der Waals surface area contributed by atoms with E-state index in [2.05, 4.69) is 5.32 Å². The normalized spacial score (nSPS) is 10.0. The van der Waals surface area contributed by atoms with Gasteiger partial charge in [0.2, 0.25) is 5.75 Å². The Kier molecular flexibility index (Phi) is 5.33. The summed E-state index contributed by atoms with van der Waals surface area (Å²) in [5.74, 6) is -1.14. The Labute approximate surface area is 143 Å². The van der Waals surface area contributed by atoms with Crippen LogP contribution >= 0.6 is 0 Å². The van der Waals surface area contributed by atoms with E-state index in [4.69, 9.17) is 19.3 Å². The molecule has 132 valence electrons. The predicted octanol–water partition coefficient (Wildman–Crippen LogP) is 2.37. The number of amides is 1. The Morgan fingerprint density at radius 1 is 0.920 bits per heavy atom. The van der Waals surface area contributed by atoms with E-state index in [1.807, 2.05) is 0 Å². The molecule has 1 amide bonds. The molecule has 25 heavy (non-hydrogen) atoms. The second-order valence-corrected chi connectivity index (χ2v) is 4.91. The van der Waals surface area contributed by atoms with E-state index >= 15 is 0 Å². The highest BCUT2D eigenvalue weighted by atomic mass is 16.5. The number of ether oxygens (including phenoxy) is 3. The summed E-state index contributed by atoms with van der Waals surface area (Å²) in [6.07, 6.45) is 0. The van der Waals surface area contributed by atoms with Crippen LogP contribution in [0.2, 0.25) is 0 Å². The van der Waals surface area contributed by atoms with Crippen molar-refractivity contribution in [2.45, 2.75) is 0 Å². The fraction of sp³-hybridized carbons (Fsp3) is 0.176. The molecule has 2 rings (SSSR count). The van der Waals surface area contributed by atoms with Crippen LogP contribution in [0.1, 0.15) is 20.7 Å². The van der Waals surface area contributed by atoms with Crippen LogP contribution in [0.15, 0.2) is 30.3 Å². The van der Waals surface area contributed by atoms with Crippen molar-refractivity contribution >= 4 is 17.6 Å². The number of carboxylic acid groups (broad SMARTS) is 1. The maximum Gasteiger partial charge on any atom is 0.335 e. The highest BCUT2D eigenvalue weighted by Gasteiger charge is 2.18. The van der Waals surface area contributed by atoms with Crippen molar-refractivity contribution < 1.29 is 34.0 Å². The van der Waals surface area contributed by atoms with E-state index in [0.29, 0.717) is 17.2 Å². The zero-order valence-corrected chi connectivity index (χ0v) is 13.8. The average Bonchev–Trinajstić information content (AvgIpc) is 2.61. The third-order valence-electron chi connectivity index (χ3n) is 3.42. The standard InChI is InChI=1S/C17H17NO7/c1-23-13-7-10(8-14(24-2)15(13)25-3)16(20)18-11-5-4-9(17(21)22)6-12(11)19/h4-8,19H,1-3H3,(H,18,20)(H,21,22). The lowest BCUT2D eigenvalue weighted by molar-refractivity contribution is 0.0696. The van der Waals surface area contributed by atoms with E-state index in [9.17, 15) is 14.7 Å². The van der Waals surface area contributed by atoms with Crippen molar-refractivity contribution in [1.29, 1.82) is 0 Å². The summed E-state index contributed by atoms with van der Waals surface area (Å²) in [6.45, 7) is 0. The van der Waals surface area contributed by atoms with Gasteiger partial charge in [0.15, 0.2) is 11.5 Å². The first kappa shape index (κ1) is 17.9. The highest BCUT2D eigenvalue weighted by molar-refractivity contribution is 6.06. The van der Waals surface area contributed by atoms with E-state index in [1.54, 1.807) is 0 Å². The number of anilines is 1. The van der Waals surface area contributed by atoms with Gasteiger partial charge in [0.1, 0.15) is 5.75 Å². The lowest BCUT2D eigenvalue weighted by Crippen LogP contribution is -2.13. The van der Waals surface area contributed by atoms with Gasteiger partial charge in [0.25, 0.3) is 5.91 Å². The van der Waals surface area contributed by atoms with Crippen molar-refractivity contribution in [2.75, 3.05) is 26.6 Å². The van der Waals surface area contributed by atoms with Gasteiger partial charge in [-0.1, -0.05) is 0 Å². The minimum Gasteiger partial charge on any atom is -0.506 e. The van der Waals surface area contributed by atoms with Crippen molar-refractivity contribution in [1.82, 2.24) is 0 Å². The van der Waals surface area contributed by atoms with Gasteiger partial charge < -0.3 is 29.7 Å². The molecule has 0 atom stereocenters. The van der Waals surface area contributed by atoms with Gasteiger partial charge >= 0.3 is 5.97 Å². The van der Waals surface area contributed by atoms with Crippen molar-refractivity contribution in [3.05, 3.63) is 41.5 Å². The van der Waals surface area contributed by atoms with Crippen molar-refractivity contribution in [3.8, 4) is 23.0 Å². The largest absolute Gasteiger partial charge is 0.506 e. The molecule has 8 nitrogen and oxygen atoms in total. The third kappa shape index (κ3) is 3.74. The number of phenolic OH excluding ortho intramolecular Hbond substituents is 1. The summed E-state index contributed by atoms with van der Waals surface area (Å²) in [6, 6.07) is 6.54. The van der Waals surface area contributed by atoms with E-state index < -0.39 is 11.9 Å². The highest BCUT2D eigenvalue weighted by Crippen LogP contribution is 2.38. The zero-order valence-electron chi connectivity index (χ0n) is 13.8. The number of hydrogen-bond acceptors (Lipinski definition) is 6. The summed E-state index contributed by atoms with van der Waals surface area (Å²) in [5.41, 5.74) is 0.184. The first-order chi connectivity index (χ1) is 11.9. The number of aromatic carboxylic acids is 1. The average molecular weight is 347 g/mol. The molecule has 8 heteroatoms. The molecule has 0 aliphatic carbocycles. The Hall–Kier alpha value is -3.42. The molecule has 0 saturated heterocycles. The molecule has 0 aromatic heterocycles. The van der Waals surface area contributed by atoms with Gasteiger partial charge in [0.05, 0.1) is 32.6 Å². The van der Waals surface area contributed by atoms with Gasteiger partial charge in [0, 0.05) is 5.56 Å². The lowest BCUT2D eigenvalue weighted by Gasteiger charge is -2.14. The topological polar surface area (TPSA) is 114 Å². The minimum absolute atomic E-state index is 0.0729. The van der Waals surface area contributed by atoms with Crippen LogP contribution in [0.3, 0.4) is 0 Å². The SMILES string of the molecule is COc1cc(C(=O)Nc2ccc(C(=O)O)cc2O)cc(OC)c1OC.